The Morgan fingerprint density at radius 2 is 1.10 bits per heavy atom. The Morgan fingerprint density at radius 1 is 0.700 bits per heavy atom. The largest absolute Gasteiger partial charge is 0.493 e. The van der Waals surface area contributed by atoms with E-state index in [1.54, 1.807) is 0 Å². The molecule has 14 heteroatoms. The van der Waals surface area contributed by atoms with E-state index in [4.69, 9.17) is 47.4 Å². The summed E-state index contributed by atoms with van der Waals surface area (Å²) in [6.07, 6.45) is -0.313. The van der Waals surface area contributed by atoms with Crippen LogP contribution in [0.4, 0.5) is 0 Å². The fourth-order valence-electron chi connectivity index (χ4n) is 5.22. The van der Waals surface area contributed by atoms with Gasteiger partial charge in [0.1, 0.15) is 12.2 Å². The van der Waals surface area contributed by atoms with Gasteiger partial charge in [-0.2, -0.15) is 0 Å². The van der Waals surface area contributed by atoms with Crippen LogP contribution in [-0.4, -0.2) is 88.3 Å². The summed E-state index contributed by atoms with van der Waals surface area (Å²) in [4.78, 5) is 49.7. The first-order valence-corrected chi connectivity index (χ1v) is 16.1. The molecule has 2 saturated heterocycles. The molecule has 50 heavy (non-hydrogen) atoms. The van der Waals surface area contributed by atoms with E-state index in [0.717, 1.165) is 12.2 Å². The van der Waals surface area contributed by atoms with Gasteiger partial charge in [0.05, 0.1) is 38.6 Å². The van der Waals surface area contributed by atoms with Crippen LogP contribution in [0.25, 0.3) is 0 Å². The molecule has 0 aromatic heterocycles. The number of benzene rings is 2. The number of carbonyl (C=O) groups is 4. The summed E-state index contributed by atoms with van der Waals surface area (Å²) < 4.78 is 56.1. The van der Waals surface area contributed by atoms with Crippen LogP contribution >= 0.6 is 0 Å². The SMILES string of the molecule is C=CC(=O)OC(CCC)Oc1ccc(C(=O)O[C@H]2CO[C@H]3[C@@H]2OC[C@H]3OC(=O)c2ccc(OC(CCC)OC(=O)C=C)c(OC)c2)cc1OC. The molecule has 2 fully saturated rings. The Hall–Kier alpha value is -5.08. The van der Waals surface area contributed by atoms with Gasteiger partial charge in [0.15, 0.2) is 35.2 Å². The fourth-order valence-corrected chi connectivity index (χ4v) is 5.22. The molecular formula is C36H42O14. The third-order valence-corrected chi connectivity index (χ3v) is 7.67. The highest BCUT2D eigenvalue weighted by atomic mass is 16.7. The van der Waals surface area contributed by atoms with Crippen LogP contribution in [-0.2, 0) is 38.0 Å². The predicted octanol–water partition coefficient (Wildman–Crippen LogP) is 4.72. The van der Waals surface area contributed by atoms with E-state index in [1.165, 1.54) is 50.6 Å². The molecule has 0 bridgehead atoms. The van der Waals surface area contributed by atoms with E-state index in [9.17, 15) is 19.2 Å². The van der Waals surface area contributed by atoms with Crippen molar-refractivity contribution >= 4 is 23.9 Å². The lowest BCUT2D eigenvalue weighted by Gasteiger charge is -2.20. The quantitative estimate of drug-likeness (QED) is 0.0910. The van der Waals surface area contributed by atoms with Crippen LogP contribution in [0, 0.1) is 0 Å². The molecule has 2 aliphatic rings. The van der Waals surface area contributed by atoms with Gasteiger partial charge in [-0.05, 0) is 49.2 Å². The third-order valence-electron chi connectivity index (χ3n) is 7.67. The van der Waals surface area contributed by atoms with Gasteiger partial charge in [-0.25, -0.2) is 19.2 Å². The molecule has 0 saturated carbocycles. The molecule has 2 aromatic rings. The van der Waals surface area contributed by atoms with Crippen molar-refractivity contribution < 1.29 is 66.5 Å². The third kappa shape index (κ3) is 9.54. The van der Waals surface area contributed by atoms with Crippen LogP contribution in [0.2, 0.25) is 0 Å². The Labute approximate surface area is 290 Å². The van der Waals surface area contributed by atoms with Crippen molar-refractivity contribution in [2.45, 2.75) is 76.5 Å². The van der Waals surface area contributed by atoms with E-state index in [2.05, 4.69) is 13.2 Å². The lowest BCUT2D eigenvalue weighted by Crippen LogP contribution is -2.36. The number of methoxy groups -OCH3 is 2. The smallest absolute Gasteiger partial charge is 0.338 e. The summed E-state index contributed by atoms with van der Waals surface area (Å²) in [6.45, 7) is 10.7. The molecule has 270 valence electrons. The molecule has 2 unspecified atom stereocenters. The van der Waals surface area contributed by atoms with E-state index < -0.39 is 60.9 Å². The maximum absolute atomic E-state index is 13.1. The molecule has 6 atom stereocenters. The Morgan fingerprint density at radius 3 is 1.44 bits per heavy atom. The second-order valence-electron chi connectivity index (χ2n) is 11.2. The maximum atomic E-state index is 13.1. The van der Waals surface area contributed by atoms with Crippen molar-refractivity contribution in [2.75, 3.05) is 27.4 Å². The summed E-state index contributed by atoms with van der Waals surface area (Å²) in [5.41, 5.74) is 0.352. The molecule has 0 spiro atoms. The number of ether oxygens (including phenoxy) is 10. The minimum Gasteiger partial charge on any atom is -0.493 e. The summed E-state index contributed by atoms with van der Waals surface area (Å²) in [5.74, 6) is -1.59. The van der Waals surface area contributed by atoms with Crippen molar-refractivity contribution in [3.05, 3.63) is 72.8 Å². The molecule has 2 aliphatic heterocycles. The summed E-state index contributed by atoms with van der Waals surface area (Å²) in [6, 6.07) is 8.92. The molecule has 0 N–H and O–H groups in total. The molecule has 14 nitrogen and oxygen atoms in total. The Balaban J connectivity index is 1.36. The normalized spacial score (nSPS) is 20.3. The van der Waals surface area contributed by atoms with Crippen molar-refractivity contribution in [2.24, 2.45) is 0 Å². The number of carbonyl (C=O) groups excluding carboxylic acids is 4. The first-order chi connectivity index (χ1) is 24.1. The minimum atomic E-state index is -0.874. The van der Waals surface area contributed by atoms with Gasteiger partial charge >= 0.3 is 23.9 Å². The number of rotatable bonds is 18. The van der Waals surface area contributed by atoms with Crippen molar-refractivity contribution in [3.8, 4) is 23.0 Å². The topological polar surface area (TPSA) is 161 Å². The molecule has 2 aromatic carbocycles. The summed E-state index contributed by atoms with van der Waals surface area (Å²) in [7, 11) is 2.83. The fraction of sp³-hybridized carbons (Fsp3) is 0.444. The zero-order valence-electron chi connectivity index (χ0n) is 28.5. The van der Waals surface area contributed by atoms with E-state index in [0.29, 0.717) is 25.7 Å². The molecule has 0 radical (unpaired) electrons. The van der Waals surface area contributed by atoms with Gasteiger partial charge in [0, 0.05) is 25.0 Å². The lowest BCUT2D eigenvalue weighted by molar-refractivity contribution is -0.159. The average Bonchev–Trinajstić information content (AvgIpc) is 3.71. The highest BCUT2D eigenvalue weighted by Gasteiger charge is 2.51. The predicted molar refractivity (Wildman–Crippen MR) is 175 cm³/mol. The van der Waals surface area contributed by atoms with Crippen molar-refractivity contribution in [1.82, 2.24) is 0 Å². The van der Waals surface area contributed by atoms with Gasteiger partial charge in [-0.1, -0.05) is 27.0 Å². The minimum absolute atomic E-state index is 0.0238. The zero-order valence-corrected chi connectivity index (χ0v) is 28.5. The maximum Gasteiger partial charge on any atom is 0.338 e. The van der Waals surface area contributed by atoms with Gasteiger partial charge in [-0.15, -0.1) is 0 Å². The first-order valence-electron chi connectivity index (χ1n) is 16.1. The molecular weight excluding hydrogens is 656 g/mol. The number of esters is 4. The standard InChI is InChI=1S/C36H42O14/c1-7-11-31(49-29(37)9-3)45-23-15-13-21(17-25(23)41-5)35(39)47-27-19-43-34-28(20-44-33(27)34)48-36(40)22-14-16-24(26(18-22)42-6)46-32(12-8-2)50-30(38)10-4/h9-10,13-18,27-28,31-34H,3-4,7-8,11-12,19-20H2,1-2,5-6H3/t27-,28+,31?,32?,33-,34-/m1/s1. The number of hydrogen-bond acceptors (Lipinski definition) is 14. The Kier molecular flexibility index (Phi) is 13.6. The summed E-state index contributed by atoms with van der Waals surface area (Å²) in [5, 5.41) is 0. The second-order valence-corrected chi connectivity index (χ2v) is 11.2. The van der Waals surface area contributed by atoms with Gasteiger partial charge in [-0.3, -0.25) is 0 Å². The monoisotopic (exact) mass is 698 g/mol. The van der Waals surface area contributed by atoms with Crippen molar-refractivity contribution in [1.29, 1.82) is 0 Å². The van der Waals surface area contributed by atoms with Crippen LogP contribution < -0.4 is 18.9 Å². The first kappa shape index (κ1) is 37.7. The van der Waals surface area contributed by atoms with Crippen molar-refractivity contribution in [3.63, 3.8) is 0 Å². The average molecular weight is 699 g/mol. The highest BCUT2D eigenvalue weighted by molar-refractivity contribution is 5.91. The number of hydrogen-bond donors (Lipinski definition) is 0. The van der Waals surface area contributed by atoms with Gasteiger partial charge < -0.3 is 47.4 Å². The second kappa shape index (κ2) is 18.1. The van der Waals surface area contributed by atoms with Crippen LogP contribution in [0.5, 0.6) is 23.0 Å². The van der Waals surface area contributed by atoms with Gasteiger partial charge in [0.2, 0.25) is 12.6 Å². The van der Waals surface area contributed by atoms with E-state index in [1.807, 2.05) is 13.8 Å². The van der Waals surface area contributed by atoms with Crippen LogP contribution in [0.3, 0.4) is 0 Å². The molecule has 0 aliphatic carbocycles. The van der Waals surface area contributed by atoms with Gasteiger partial charge in [0.25, 0.3) is 0 Å². The summed E-state index contributed by atoms with van der Waals surface area (Å²) >= 11 is 0. The molecule has 2 heterocycles. The van der Waals surface area contributed by atoms with Crippen LogP contribution in [0.1, 0.15) is 60.2 Å². The number of fused-ring (bicyclic) bond motifs is 1. The zero-order chi connectivity index (χ0) is 36.2. The lowest BCUT2D eigenvalue weighted by atomic mass is 10.1. The van der Waals surface area contributed by atoms with E-state index >= 15 is 0 Å². The van der Waals surface area contributed by atoms with Crippen LogP contribution in [0.15, 0.2) is 61.7 Å². The van der Waals surface area contributed by atoms with E-state index in [-0.39, 0.29) is 47.3 Å². The molecule has 4 rings (SSSR count). The Bertz CT molecular complexity index is 1420. The molecule has 0 amide bonds. The highest BCUT2D eigenvalue weighted by Crippen LogP contribution is 2.35.